The molecule has 0 radical (unpaired) electrons. The second kappa shape index (κ2) is 7.45. The van der Waals surface area contributed by atoms with Crippen molar-refractivity contribution in [3.8, 4) is 5.75 Å². The zero-order valence-electron chi connectivity index (χ0n) is 17.2. The number of hydrogen-bond donors (Lipinski definition) is 2. The molecule has 1 amide bonds. The number of halogens is 2. The van der Waals surface area contributed by atoms with E-state index in [9.17, 15) is 9.90 Å². The molecule has 2 saturated heterocycles. The number of nitrogens with one attached hydrogen (secondary N) is 1. The molecule has 2 N–H and O–H groups in total. The summed E-state index contributed by atoms with van der Waals surface area (Å²) in [6.07, 6.45) is -0.155. The Morgan fingerprint density at radius 2 is 1.97 bits per heavy atom. The maximum absolute atomic E-state index is 13.8. The van der Waals surface area contributed by atoms with E-state index in [1.807, 2.05) is 16.7 Å². The molecule has 29 heavy (non-hydrogen) atoms. The van der Waals surface area contributed by atoms with Crippen molar-refractivity contribution in [2.24, 2.45) is 5.41 Å². The summed E-state index contributed by atoms with van der Waals surface area (Å²) in [4.78, 5) is 22.0. The Morgan fingerprint density at radius 1 is 1.24 bits per heavy atom. The van der Waals surface area contributed by atoms with Crippen LogP contribution in [0.25, 0.3) is 0 Å². The van der Waals surface area contributed by atoms with Gasteiger partial charge in [0.1, 0.15) is 22.5 Å². The summed E-state index contributed by atoms with van der Waals surface area (Å²) in [6.45, 7) is 10.7. The topological polar surface area (TPSA) is 77.9 Å². The van der Waals surface area contributed by atoms with Crippen LogP contribution in [-0.2, 0) is 0 Å². The van der Waals surface area contributed by atoms with Gasteiger partial charge in [-0.1, -0.05) is 44.0 Å². The van der Waals surface area contributed by atoms with Crippen LogP contribution in [0.2, 0.25) is 10.2 Å². The predicted octanol–water partition coefficient (Wildman–Crippen LogP) is 2.57. The van der Waals surface area contributed by atoms with E-state index in [2.05, 4.69) is 31.1 Å². The number of nitrogens with zero attached hydrogens (tertiary/aromatic N) is 3. The van der Waals surface area contributed by atoms with Crippen LogP contribution >= 0.6 is 23.2 Å². The third kappa shape index (κ3) is 3.46. The summed E-state index contributed by atoms with van der Waals surface area (Å²) in [5, 5.41) is 13.9. The Labute approximate surface area is 181 Å². The number of carbonyl (C=O) groups is 1. The molecule has 9 heteroatoms. The van der Waals surface area contributed by atoms with Crippen LogP contribution in [0.1, 0.15) is 44.5 Å². The van der Waals surface area contributed by atoms with Crippen LogP contribution in [0.3, 0.4) is 0 Å². The van der Waals surface area contributed by atoms with Crippen molar-refractivity contribution in [2.45, 2.75) is 58.4 Å². The summed E-state index contributed by atoms with van der Waals surface area (Å²) in [5.74, 6) is 0.595. The Bertz CT molecular complexity index is 829. The first-order valence-electron chi connectivity index (χ1n) is 10.1. The number of aliphatic hydroxyl groups is 1. The Morgan fingerprint density at radius 3 is 2.59 bits per heavy atom. The van der Waals surface area contributed by atoms with Crippen LogP contribution in [0.4, 0.5) is 5.82 Å². The second-order valence-electron chi connectivity index (χ2n) is 9.21. The highest BCUT2D eigenvalue weighted by molar-refractivity contribution is 6.42. The fraction of sp³-hybridized carbons (Fsp3) is 0.700. The molecule has 4 heterocycles. The minimum atomic E-state index is -0.488. The highest BCUT2D eigenvalue weighted by atomic mass is 35.5. The SMILES string of the molecule is C[C@H]1[C@@H](O)CCN1c1nc(Cl)c(Cl)c2c1C(=O)N1CCNCC1[C@@H](C(C)(C)C)O2. The van der Waals surface area contributed by atoms with Crippen molar-refractivity contribution >= 4 is 34.9 Å². The molecular weight excluding hydrogens is 415 g/mol. The van der Waals surface area contributed by atoms with Gasteiger partial charge in [-0.05, 0) is 13.3 Å². The molecule has 2 fully saturated rings. The van der Waals surface area contributed by atoms with Gasteiger partial charge in [-0.2, -0.15) is 0 Å². The summed E-state index contributed by atoms with van der Waals surface area (Å²) in [6, 6.07) is -0.315. The highest BCUT2D eigenvalue weighted by Gasteiger charge is 2.47. The number of ether oxygens (including phenoxy) is 1. The lowest BCUT2D eigenvalue weighted by Gasteiger charge is -2.43. The second-order valence-corrected chi connectivity index (χ2v) is 9.94. The molecule has 1 aromatic rings. The first-order chi connectivity index (χ1) is 13.6. The molecule has 1 aromatic heterocycles. The van der Waals surface area contributed by atoms with Gasteiger partial charge in [0.25, 0.3) is 5.91 Å². The Hall–Kier alpha value is -1.28. The Balaban J connectivity index is 1.91. The van der Waals surface area contributed by atoms with Gasteiger partial charge in [0, 0.05) is 31.6 Å². The molecule has 160 valence electrons. The molecule has 4 rings (SSSR count). The molecule has 3 aliphatic rings. The molecule has 3 aliphatic heterocycles. The fourth-order valence-electron chi connectivity index (χ4n) is 4.59. The van der Waals surface area contributed by atoms with Gasteiger partial charge >= 0.3 is 0 Å². The molecule has 0 saturated carbocycles. The van der Waals surface area contributed by atoms with E-state index in [0.29, 0.717) is 43.2 Å². The molecule has 4 atom stereocenters. The summed E-state index contributed by atoms with van der Waals surface area (Å²) < 4.78 is 6.49. The monoisotopic (exact) mass is 442 g/mol. The number of fused-ring (bicyclic) bond motifs is 2. The number of hydrogen-bond acceptors (Lipinski definition) is 6. The van der Waals surface area contributed by atoms with Crippen LogP contribution in [0.15, 0.2) is 0 Å². The van der Waals surface area contributed by atoms with Gasteiger partial charge in [0.2, 0.25) is 0 Å². The maximum Gasteiger partial charge on any atom is 0.261 e. The fourth-order valence-corrected chi connectivity index (χ4v) is 4.94. The zero-order chi connectivity index (χ0) is 21.1. The predicted molar refractivity (Wildman–Crippen MR) is 113 cm³/mol. The van der Waals surface area contributed by atoms with Crippen molar-refractivity contribution in [1.29, 1.82) is 0 Å². The molecule has 1 unspecified atom stereocenters. The zero-order valence-corrected chi connectivity index (χ0v) is 18.7. The van der Waals surface area contributed by atoms with Gasteiger partial charge in [0.15, 0.2) is 10.9 Å². The van der Waals surface area contributed by atoms with Crippen molar-refractivity contribution in [2.75, 3.05) is 31.1 Å². The van der Waals surface area contributed by atoms with E-state index < -0.39 is 6.10 Å². The minimum absolute atomic E-state index is 0.104. The van der Waals surface area contributed by atoms with E-state index in [1.165, 1.54) is 0 Å². The lowest BCUT2D eigenvalue weighted by Crippen LogP contribution is -2.61. The largest absolute Gasteiger partial charge is 0.485 e. The summed E-state index contributed by atoms with van der Waals surface area (Å²) in [5.41, 5.74) is 0.110. The van der Waals surface area contributed by atoms with Gasteiger partial charge < -0.3 is 25.0 Å². The number of carbonyl (C=O) groups excluding carboxylic acids is 1. The van der Waals surface area contributed by atoms with Gasteiger partial charge in [-0.15, -0.1) is 0 Å². The first-order valence-corrected chi connectivity index (χ1v) is 10.9. The third-order valence-electron chi connectivity index (χ3n) is 6.23. The molecular formula is C20H28Cl2N4O3. The average molecular weight is 443 g/mol. The standard InChI is InChI=1S/C20H28Cl2N4O3/c1-10-12(27)5-7-25(10)18-13-15(14(21)17(22)24-18)29-16(20(2,3)4)11-9-23-6-8-26(11)19(13)28/h10-12,16,23,27H,5-9H2,1-4H3/t10-,11?,12-,16-/m0/s1. The quantitative estimate of drug-likeness (QED) is 0.650. The average Bonchev–Trinajstić information content (AvgIpc) is 2.92. The van der Waals surface area contributed by atoms with Crippen molar-refractivity contribution in [3.63, 3.8) is 0 Å². The maximum atomic E-state index is 13.8. The number of anilines is 1. The van der Waals surface area contributed by atoms with Crippen LogP contribution < -0.4 is 15.0 Å². The number of aromatic nitrogens is 1. The first kappa shape index (κ1) is 21.0. The third-order valence-corrected chi connectivity index (χ3v) is 6.95. The molecule has 0 bridgehead atoms. The molecule has 0 spiro atoms. The van der Waals surface area contributed by atoms with E-state index in [-0.39, 0.29) is 39.7 Å². The van der Waals surface area contributed by atoms with Gasteiger partial charge in [0.05, 0.1) is 18.2 Å². The highest BCUT2D eigenvalue weighted by Crippen LogP contribution is 2.46. The molecule has 0 aliphatic carbocycles. The Kier molecular flexibility index (Phi) is 5.39. The van der Waals surface area contributed by atoms with E-state index >= 15 is 0 Å². The number of aliphatic hydroxyl groups excluding tert-OH is 1. The van der Waals surface area contributed by atoms with Crippen molar-refractivity contribution in [1.82, 2.24) is 15.2 Å². The van der Waals surface area contributed by atoms with Gasteiger partial charge in [-0.25, -0.2) is 4.98 Å². The summed E-state index contributed by atoms with van der Waals surface area (Å²) in [7, 11) is 0. The summed E-state index contributed by atoms with van der Waals surface area (Å²) >= 11 is 12.9. The van der Waals surface area contributed by atoms with E-state index in [4.69, 9.17) is 27.9 Å². The minimum Gasteiger partial charge on any atom is -0.485 e. The number of rotatable bonds is 1. The smallest absolute Gasteiger partial charge is 0.261 e. The van der Waals surface area contributed by atoms with Crippen LogP contribution in [0.5, 0.6) is 5.75 Å². The number of amides is 1. The number of piperazine rings is 1. The normalized spacial score (nSPS) is 30.0. The molecule has 7 nitrogen and oxygen atoms in total. The number of pyridine rings is 1. The van der Waals surface area contributed by atoms with Crippen molar-refractivity contribution in [3.05, 3.63) is 15.7 Å². The van der Waals surface area contributed by atoms with Crippen molar-refractivity contribution < 1.29 is 14.6 Å². The van der Waals surface area contributed by atoms with Gasteiger partial charge in [-0.3, -0.25) is 4.79 Å². The van der Waals surface area contributed by atoms with E-state index in [1.54, 1.807) is 0 Å². The van der Waals surface area contributed by atoms with E-state index in [0.717, 1.165) is 6.54 Å². The van der Waals surface area contributed by atoms with Crippen LogP contribution in [0, 0.1) is 5.41 Å². The lowest BCUT2D eigenvalue weighted by molar-refractivity contribution is 0.00235. The molecule has 0 aromatic carbocycles. The lowest BCUT2D eigenvalue weighted by atomic mass is 9.83. The van der Waals surface area contributed by atoms with Crippen LogP contribution in [-0.4, -0.2) is 71.4 Å².